The number of benzene rings is 2. The van der Waals surface area contributed by atoms with E-state index in [4.69, 9.17) is 0 Å². The van der Waals surface area contributed by atoms with Crippen LogP contribution < -0.4 is 0 Å². The second-order valence-electron chi connectivity index (χ2n) is 4.65. The average molecular weight is 252 g/mol. The summed E-state index contributed by atoms with van der Waals surface area (Å²) in [5, 5.41) is 0. The van der Waals surface area contributed by atoms with Crippen LogP contribution in [0.2, 0.25) is 0 Å². The maximum absolute atomic E-state index is 12.3. The van der Waals surface area contributed by atoms with Crippen molar-refractivity contribution in [1.29, 1.82) is 0 Å². The van der Waals surface area contributed by atoms with Crippen molar-refractivity contribution in [1.82, 2.24) is 0 Å². The first-order chi connectivity index (χ1) is 9.09. The van der Waals surface area contributed by atoms with E-state index in [1.807, 2.05) is 37.3 Å². The van der Waals surface area contributed by atoms with Crippen LogP contribution in [-0.4, -0.2) is 11.6 Å². The zero-order valence-corrected chi connectivity index (χ0v) is 11.1. The van der Waals surface area contributed by atoms with Crippen molar-refractivity contribution in [2.45, 2.75) is 19.8 Å². The van der Waals surface area contributed by atoms with E-state index in [1.165, 1.54) is 0 Å². The minimum Gasteiger partial charge on any atom is -0.299 e. The predicted octanol–water partition coefficient (Wildman–Crippen LogP) is 3.61. The smallest absolute Gasteiger partial charge is 0.193 e. The molecule has 0 amide bonds. The van der Waals surface area contributed by atoms with Gasteiger partial charge in [-0.05, 0) is 18.6 Å². The highest BCUT2D eigenvalue weighted by Gasteiger charge is 2.14. The van der Waals surface area contributed by atoms with Crippen molar-refractivity contribution < 1.29 is 9.59 Å². The Kier molecular flexibility index (Phi) is 3.91. The van der Waals surface area contributed by atoms with Crippen LogP contribution in [0.1, 0.15) is 41.3 Å². The van der Waals surface area contributed by atoms with Gasteiger partial charge in [0.05, 0.1) is 0 Å². The molecule has 0 bridgehead atoms. The third kappa shape index (κ3) is 2.97. The van der Waals surface area contributed by atoms with Crippen molar-refractivity contribution in [3.05, 3.63) is 71.3 Å². The van der Waals surface area contributed by atoms with Crippen LogP contribution in [0.25, 0.3) is 0 Å². The van der Waals surface area contributed by atoms with Crippen molar-refractivity contribution in [2.75, 3.05) is 0 Å². The van der Waals surface area contributed by atoms with E-state index in [1.54, 1.807) is 31.2 Å². The van der Waals surface area contributed by atoms with E-state index >= 15 is 0 Å². The van der Waals surface area contributed by atoms with Gasteiger partial charge >= 0.3 is 0 Å². The highest BCUT2D eigenvalue weighted by molar-refractivity contribution is 6.09. The second kappa shape index (κ2) is 5.61. The number of Topliss-reactive ketones (excluding diaryl/α,β-unsaturated/α-hetero) is 1. The molecule has 0 aliphatic carbocycles. The summed E-state index contributed by atoms with van der Waals surface area (Å²) in [5.41, 5.74) is 2.17. The van der Waals surface area contributed by atoms with E-state index < -0.39 is 0 Å². The second-order valence-corrected chi connectivity index (χ2v) is 4.65. The van der Waals surface area contributed by atoms with Gasteiger partial charge in [-0.2, -0.15) is 0 Å². The Labute approximate surface area is 113 Å². The lowest BCUT2D eigenvalue weighted by Gasteiger charge is -2.09. The van der Waals surface area contributed by atoms with Crippen molar-refractivity contribution in [3.63, 3.8) is 0 Å². The minimum absolute atomic E-state index is 0.0156. The quantitative estimate of drug-likeness (QED) is 0.779. The zero-order chi connectivity index (χ0) is 13.8. The van der Waals surface area contributed by atoms with Crippen LogP contribution in [0.5, 0.6) is 0 Å². The first-order valence-corrected chi connectivity index (χ1v) is 6.29. The molecule has 0 saturated carbocycles. The summed E-state index contributed by atoms with van der Waals surface area (Å²) in [6.45, 7) is 3.42. The summed E-state index contributed by atoms with van der Waals surface area (Å²) in [6.07, 6.45) is 0. The summed E-state index contributed by atoms with van der Waals surface area (Å²) in [5.74, 6) is -0.0916. The molecule has 0 radical (unpaired) electrons. The molecule has 0 spiro atoms. The molecule has 2 aromatic rings. The molecule has 2 nitrogen and oxygen atoms in total. The van der Waals surface area contributed by atoms with Gasteiger partial charge in [0.15, 0.2) is 5.78 Å². The van der Waals surface area contributed by atoms with Gasteiger partial charge in [-0.1, -0.05) is 55.5 Å². The van der Waals surface area contributed by atoms with E-state index in [-0.39, 0.29) is 17.5 Å². The third-order valence-electron chi connectivity index (χ3n) is 3.29. The fraction of sp³-hybridized carbons (Fsp3) is 0.176. The van der Waals surface area contributed by atoms with Crippen molar-refractivity contribution in [2.24, 2.45) is 0 Å². The van der Waals surface area contributed by atoms with Gasteiger partial charge in [-0.3, -0.25) is 9.59 Å². The largest absolute Gasteiger partial charge is 0.299 e. The Morgan fingerprint density at radius 1 is 0.895 bits per heavy atom. The first kappa shape index (κ1) is 13.2. The Balaban J connectivity index is 2.34. The normalized spacial score (nSPS) is 11.9. The summed E-state index contributed by atoms with van der Waals surface area (Å²) in [6, 6.07) is 16.5. The summed E-state index contributed by atoms with van der Waals surface area (Å²) in [7, 11) is 0. The van der Waals surface area contributed by atoms with Gasteiger partial charge in [0, 0.05) is 17.0 Å². The molecule has 0 N–H and O–H groups in total. The van der Waals surface area contributed by atoms with Crippen LogP contribution >= 0.6 is 0 Å². The zero-order valence-electron chi connectivity index (χ0n) is 11.1. The minimum atomic E-state index is -0.177. The molecule has 2 rings (SSSR count). The van der Waals surface area contributed by atoms with Crippen molar-refractivity contribution in [3.8, 4) is 0 Å². The average Bonchev–Trinajstić information content (AvgIpc) is 2.46. The molecule has 0 heterocycles. The van der Waals surface area contributed by atoms with Crippen LogP contribution in [-0.2, 0) is 4.79 Å². The van der Waals surface area contributed by atoms with E-state index in [0.29, 0.717) is 11.1 Å². The number of ketones is 2. The Morgan fingerprint density at radius 2 is 1.53 bits per heavy atom. The lowest BCUT2D eigenvalue weighted by atomic mass is 9.94. The fourth-order valence-electron chi connectivity index (χ4n) is 1.94. The van der Waals surface area contributed by atoms with Crippen LogP contribution in [0, 0.1) is 0 Å². The van der Waals surface area contributed by atoms with E-state index in [2.05, 4.69) is 0 Å². The Bertz CT molecular complexity index is 600. The molecule has 0 fully saturated rings. The highest BCUT2D eigenvalue weighted by Crippen LogP contribution is 2.19. The number of hydrogen-bond acceptors (Lipinski definition) is 2. The molecular weight excluding hydrogens is 236 g/mol. The number of rotatable bonds is 4. The number of carbonyl (C=O) groups is 2. The Morgan fingerprint density at radius 3 is 2.16 bits per heavy atom. The summed E-state index contributed by atoms with van der Waals surface area (Å²) < 4.78 is 0. The molecule has 2 aromatic carbocycles. The van der Waals surface area contributed by atoms with Crippen LogP contribution in [0.3, 0.4) is 0 Å². The molecule has 19 heavy (non-hydrogen) atoms. The molecule has 0 aromatic heterocycles. The molecule has 2 heteroatoms. The molecule has 0 aliphatic heterocycles. The SMILES string of the molecule is CC(=O)C(C)c1cccc(C(=O)c2ccccc2)c1. The monoisotopic (exact) mass is 252 g/mol. The van der Waals surface area contributed by atoms with Gasteiger partial charge in [-0.15, -0.1) is 0 Å². The molecule has 1 unspecified atom stereocenters. The van der Waals surface area contributed by atoms with Crippen molar-refractivity contribution >= 4 is 11.6 Å². The topological polar surface area (TPSA) is 34.1 Å². The lowest BCUT2D eigenvalue weighted by molar-refractivity contribution is -0.118. The van der Waals surface area contributed by atoms with E-state index in [9.17, 15) is 9.59 Å². The molecule has 1 atom stereocenters. The summed E-state index contributed by atoms with van der Waals surface area (Å²) >= 11 is 0. The molecular formula is C17H16O2. The van der Waals surface area contributed by atoms with Crippen LogP contribution in [0.4, 0.5) is 0 Å². The predicted molar refractivity (Wildman–Crippen MR) is 75.4 cm³/mol. The molecule has 96 valence electrons. The first-order valence-electron chi connectivity index (χ1n) is 6.29. The maximum Gasteiger partial charge on any atom is 0.193 e. The van der Waals surface area contributed by atoms with Crippen LogP contribution in [0.15, 0.2) is 54.6 Å². The van der Waals surface area contributed by atoms with Gasteiger partial charge in [0.1, 0.15) is 5.78 Å². The lowest BCUT2D eigenvalue weighted by Crippen LogP contribution is -2.07. The number of carbonyl (C=O) groups excluding carboxylic acids is 2. The van der Waals surface area contributed by atoms with E-state index in [0.717, 1.165) is 5.56 Å². The molecule has 0 saturated heterocycles. The van der Waals surface area contributed by atoms with Gasteiger partial charge < -0.3 is 0 Å². The maximum atomic E-state index is 12.3. The number of hydrogen-bond donors (Lipinski definition) is 0. The van der Waals surface area contributed by atoms with Gasteiger partial charge in [0.2, 0.25) is 0 Å². The molecule has 0 aliphatic rings. The van der Waals surface area contributed by atoms with Gasteiger partial charge in [0.25, 0.3) is 0 Å². The summed E-state index contributed by atoms with van der Waals surface area (Å²) in [4.78, 5) is 23.7. The standard InChI is InChI=1S/C17H16O2/c1-12(13(2)18)15-9-6-10-16(11-15)17(19)14-7-4-3-5-8-14/h3-12H,1-2H3. The van der Waals surface area contributed by atoms with Gasteiger partial charge in [-0.25, -0.2) is 0 Å². The third-order valence-corrected chi connectivity index (χ3v) is 3.29. The fourth-order valence-corrected chi connectivity index (χ4v) is 1.94. The Hall–Kier alpha value is -2.22. The highest BCUT2D eigenvalue weighted by atomic mass is 16.1.